The van der Waals surface area contributed by atoms with E-state index in [9.17, 15) is 8.42 Å². The minimum Gasteiger partial charge on any atom is -0.496 e. The van der Waals surface area contributed by atoms with Gasteiger partial charge in [-0.05, 0) is 78.2 Å². The van der Waals surface area contributed by atoms with Crippen LogP contribution in [0.1, 0.15) is 18.1 Å². The van der Waals surface area contributed by atoms with Crippen molar-refractivity contribution >= 4 is 31.6 Å². The van der Waals surface area contributed by atoms with Crippen LogP contribution in [0.3, 0.4) is 0 Å². The van der Waals surface area contributed by atoms with Gasteiger partial charge in [-0.25, -0.2) is 8.42 Å². The molecule has 0 bridgehead atoms. The lowest BCUT2D eigenvalue weighted by atomic mass is 10.1. The van der Waals surface area contributed by atoms with E-state index < -0.39 is 10.0 Å². The van der Waals surface area contributed by atoms with Gasteiger partial charge in [0.05, 0.1) is 22.2 Å². The van der Waals surface area contributed by atoms with Gasteiger partial charge in [-0.2, -0.15) is 0 Å². The SMILES string of the molecule is CCN(c1cc(C)cc(C)c1)S(=O)(=O)c1ccc(OC)c(Br)c1. The molecular weight excluding hydrogens is 378 g/mol. The number of nitrogens with zero attached hydrogens (tertiary/aromatic N) is 1. The lowest BCUT2D eigenvalue weighted by molar-refractivity contribution is 0.411. The van der Waals surface area contributed by atoms with Crippen molar-refractivity contribution in [3.63, 3.8) is 0 Å². The van der Waals surface area contributed by atoms with Crippen LogP contribution < -0.4 is 9.04 Å². The monoisotopic (exact) mass is 397 g/mol. The Morgan fingerprint density at radius 3 is 2.17 bits per heavy atom. The topological polar surface area (TPSA) is 46.6 Å². The second-order valence-electron chi connectivity index (χ2n) is 5.31. The Bertz CT molecular complexity index is 798. The van der Waals surface area contributed by atoms with Crippen LogP contribution in [0.4, 0.5) is 5.69 Å². The predicted octanol–water partition coefficient (Wildman–Crippen LogP) is 4.29. The average molecular weight is 398 g/mol. The normalized spacial score (nSPS) is 11.3. The summed E-state index contributed by atoms with van der Waals surface area (Å²) < 4.78 is 33.2. The Hall–Kier alpha value is -1.53. The maximum atomic E-state index is 13.0. The van der Waals surface area contributed by atoms with Crippen LogP contribution in [0.5, 0.6) is 5.75 Å². The molecule has 0 aliphatic carbocycles. The summed E-state index contributed by atoms with van der Waals surface area (Å²) in [6.45, 7) is 6.10. The maximum absolute atomic E-state index is 13.0. The van der Waals surface area contributed by atoms with Gasteiger partial charge < -0.3 is 4.74 Å². The van der Waals surface area contributed by atoms with E-state index in [1.54, 1.807) is 25.3 Å². The molecule has 0 unspecified atom stereocenters. The van der Waals surface area contributed by atoms with Crippen molar-refractivity contribution in [2.45, 2.75) is 25.7 Å². The third-order valence-electron chi connectivity index (χ3n) is 3.49. The molecule has 0 saturated carbocycles. The minimum absolute atomic E-state index is 0.228. The quantitative estimate of drug-likeness (QED) is 0.755. The maximum Gasteiger partial charge on any atom is 0.264 e. The molecule has 0 atom stereocenters. The summed E-state index contributed by atoms with van der Waals surface area (Å²) >= 11 is 3.34. The zero-order valence-electron chi connectivity index (χ0n) is 13.6. The Morgan fingerprint density at radius 1 is 1.09 bits per heavy atom. The number of halogens is 1. The van der Waals surface area contributed by atoms with E-state index in [-0.39, 0.29) is 4.90 Å². The van der Waals surface area contributed by atoms with Crippen LogP contribution in [0.25, 0.3) is 0 Å². The second-order valence-corrected chi connectivity index (χ2v) is 8.03. The highest BCUT2D eigenvalue weighted by atomic mass is 79.9. The molecule has 23 heavy (non-hydrogen) atoms. The lowest BCUT2D eigenvalue weighted by Crippen LogP contribution is -2.30. The van der Waals surface area contributed by atoms with Gasteiger partial charge in [0.1, 0.15) is 5.75 Å². The molecule has 2 aromatic rings. The van der Waals surface area contributed by atoms with E-state index in [2.05, 4.69) is 15.9 Å². The fourth-order valence-electron chi connectivity index (χ4n) is 2.52. The highest BCUT2D eigenvalue weighted by Gasteiger charge is 2.24. The summed E-state index contributed by atoms with van der Waals surface area (Å²) in [5.41, 5.74) is 2.74. The van der Waals surface area contributed by atoms with Crippen LogP contribution in [0.2, 0.25) is 0 Å². The Balaban J connectivity index is 2.53. The van der Waals surface area contributed by atoms with E-state index in [0.717, 1.165) is 11.1 Å². The number of rotatable bonds is 5. The highest BCUT2D eigenvalue weighted by molar-refractivity contribution is 9.10. The number of aryl methyl sites for hydroxylation is 2. The molecule has 6 heteroatoms. The smallest absolute Gasteiger partial charge is 0.264 e. The molecule has 0 spiro atoms. The number of ether oxygens (including phenoxy) is 1. The molecule has 2 aromatic carbocycles. The van der Waals surface area contributed by atoms with Crippen LogP contribution >= 0.6 is 15.9 Å². The first-order valence-corrected chi connectivity index (χ1v) is 9.47. The third kappa shape index (κ3) is 3.70. The number of benzene rings is 2. The molecule has 4 nitrogen and oxygen atoms in total. The standard InChI is InChI=1S/C17H20BrNO3S/c1-5-19(14-9-12(2)8-13(3)10-14)23(20,21)15-6-7-17(22-4)16(18)11-15/h6-11H,5H2,1-4H3. The van der Waals surface area contributed by atoms with Crippen LogP contribution in [-0.4, -0.2) is 22.1 Å². The minimum atomic E-state index is -3.64. The molecule has 0 N–H and O–H groups in total. The van der Waals surface area contributed by atoms with Gasteiger partial charge >= 0.3 is 0 Å². The van der Waals surface area contributed by atoms with Crippen molar-refractivity contribution in [1.29, 1.82) is 0 Å². The summed E-state index contributed by atoms with van der Waals surface area (Å²) in [7, 11) is -2.09. The van der Waals surface area contributed by atoms with Crippen LogP contribution in [0.15, 0.2) is 45.8 Å². The zero-order valence-corrected chi connectivity index (χ0v) is 16.0. The van der Waals surface area contributed by atoms with E-state index in [1.165, 1.54) is 4.31 Å². The van der Waals surface area contributed by atoms with Gasteiger partial charge in [0.25, 0.3) is 10.0 Å². The first kappa shape index (κ1) is 17.8. The Kier molecular flexibility index (Phi) is 5.37. The van der Waals surface area contributed by atoms with Crippen molar-refractivity contribution in [3.8, 4) is 5.75 Å². The molecule has 0 aromatic heterocycles. The van der Waals surface area contributed by atoms with E-state index in [0.29, 0.717) is 22.5 Å². The number of hydrogen-bond donors (Lipinski definition) is 0. The van der Waals surface area contributed by atoms with Gasteiger partial charge in [0, 0.05) is 6.54 Å². The van der Waals surface area contributed by atoms with Crippen molar-refractivity contribution in [2.24, 2.45) is 0 Å². The Labute approximate surface area is 146 Å². The van der Waals surface area contributed by atoms with Gasteiger partial charge in [0.15, 0.2) is 0 Å². The number of sulfonamides is 1. The molecule has 124 valence electrons. The van der Waals surface area contributed by atoms with E-state index in [1.807, 2.05) is 39.0 Å². The van der Waals surface area contributed by atoms with E-state index in [4.69, 9.17) is 4.74 Å². The number of hydrogen-bond acceptors (Lipinski definition) is 3. The number of methoxy groups -OCH3 is 1. The van der Waals surface area contributed by atoms with Crippen molar-refractivity contribution in [1.82, 2.24) is 0 Å². The number of anilines is 1. The zero-order chi connectivity index (χ0) is 17.2. The van der Waals surface area contributed by atoms with Gasteiger partial charge in [-0.3, -0.25) is 4.31 Å². The van der Waals surface area contributed by atoms with Crippen molar-refractivity contribution in [2.75, 3.05) is 18.0 Å². The molecule has 0 fully saturated rings. The summed E-state index contributed by atoms with van der Waals surface area (Å²) in [5.74, 6) is 0.596. The van der Waals surface area contributed by atoms with Crippen LogP contribution in [-0.2, 0) is 10.0 Å². The average Bonchev–Trinajstić information content (AvgIpc) is 2.46. The van der Waals surface area contributed by atoms with Crippen molar-refractivity contribution in [3.05, 3.63) is 52.0 Å². The molecule has 0 saturated heterocycles. The molecule has 0 radical (unpaired) electrons. The largest absolute Gasteiger partial charge is 0.496 e. The summed E-state index contributed by atoms with van der Waals surface area (Å²) in [4.78, 5) is 0.228. The molecule has 0 aliphatic heterocycles. The Morgan fingerprint density at radius 2 is 1.70 bits per heavy atom. The molecule has 0 amide bonds. The fraction of sp³-hybridized carbons (Fsp3) is 0.294. The van der Waals surface area contributed by atoms with E-state index >= 15 is 0 Å². The molecule has 0 heterocycles. The first-order valence-electron chi connectivity index (χ1n) is 7.24. The fourth-order valence-corrected chi connectivity index (χ4v) is 4.70. The van der Waals surface area contributed by atoms with Gasteiger partial charge in [-0.1, -0.05) is 6.07 Å². The molecule has 0 aliphatic rings. The van der Waals surface area contributed by atoms with Crippen molar-refractivity contribution < 1.29 is 13.2 Å². The predicted molar refractivity (Wildman–Crippen MR) is 96.8 cm³/mol. The van der Waals surface area contributed by atoms with Crippen LogP contribution in [0, 0.1) is 13.8 Å². The highest BCUT2D eigenvalue weighted by Crippen LogP contribution is 2.31. The summed E-state index contributed by atoms with van der Waals surface area (Å²) in [6, 6.07) is 10.6. The first-order chi connectivity index (χ1) is 10.8. The molecular formula is C17H20BrNO3S. The third-order valence-corrected chi connectivity index (χ3v) is 6.01. The molecule has 2 rings (SSSR count). The summed E-state index contributed by atoms with van der Waals surface area (Å²) in [6.07, 6.45) is 0. The van der Waals surface area contributed by atoms with Gasteiger partial charge in [0.2, 0.25) is 0 Å². The summed E-state index contributed by atoms with van der Waals surface area (Å²) in [5, 5.41) is 0. The lowest BCUT2D eigenvalue weighted by Gasteiger charge is -2.24. The second kappa shape index (κ2) is 6.93. The van der Waals surface area contributed by atoms with Gasteiger partial charge in [-0.15, -0.1) is 0 Å².